The van der Waals surface area contributed by atoms with E-state index in [0.717, 1.165) is 4.68 Å². The molecule has 8 nitrogen and oxygen atoms in total. The maximum atomic E-state index is 12.5. The lowest BCUT2D eigenvalue weighted by Crippen LogP contribution is -2.41. The van der Waals surface area contributed by atoms with Gasteiger partial charge in [0, 0.05) is 24.7 Å². The lowest BCUT2D eigenvalue weighted by atomic mass is 10.1. The predicted octanol–water partition coefficient (Wildman–Crippen LogP) is 0.564. The topological polar surface area (TPSA) is 98.6 Å². The molecular formula is C18H21N3O5S. The Morgan fingerprint density at radius 3 is 2.70 bits per heavy atom. The van der Waals surface area contributed by atoms with Gasteiger partial charge in [-0.25, -0.2) is 13.1 Å². The van der Waals surface area contributed by atoms with Crippen LogP contribution in [0.15, 0.2) is 41.2 Å². The molecule has 0 aliphatic carbocycles. The van der Waals surface area contributed by atoms with Crippen LogP contribution < -0.4 is 10.3 Å². The summed E-state index contributed by atoms with van der Waals surface area (Å²) in [4.78, 5) is 26.1. The molecule has 1 aromatic carbocycles. The van der Waals surface area contributed by atoms with E-state index < -0.39 is 15.4 Å². The third-order valence-corrected chi connectivity index (χ3v) is 6.43. The minimum Gasteiger partial charge on any atom is -0.496 e. The number of amides is 1. The van der Waals surface area contributed by atoms with Crippen molar-refractivity contribution >= 4 is 15.7 Å². The summed E-state index contributed by atoms with van der Waals surface area (Å²) in [5.74, 6) is 0.286. The molecule has 0 N–H and O–H groups in total. The maximum absolute atomic E-state index is 12.5. The average molecular weight is 391 g/mol. The van der Waals surface area contributed by atoms with Crippen molar-refractivity contribution in [1.29, 1.82) is 0 Å². The minimum atomic E-state index is -3.10. The number of nitrogens with zero attached hydrogens (tertiary/aromatic N) is 3. The maximum Gasteiger partial charge on any atom is 0.267 e. The van der Waals surface area contributed by atoms with Gasteiger partial charge >= 0.3 is 0 Å². The van der Waals surface area contributed by atoms with E-state index >= 15 is 0 Å². The van der Waals surface area contributed by atoms with Crippen LogP contribution >= 0.6 is 0 Å². The molecule has 0 bridgehead atoms. The van der Waals surface area contributed by atoms with Gasteiger partial charge in [-0.05, 0) is 24.6 Å². The molecule has 0 spiro atoms. The highest BCUT2D eigenvalue weighted by Crippen LogP contribution is 2.27. The molecule has 1 fully saturated rings. The van der Waals surface area contributed by atoms with Crippen molar-refractivity contribution in [1.82, 2.24) is 14.7 Å². The lowest BCUT2D eigenvalue weighted by Gasteiger charge is -2.23. The minimum absolute atomic E-state index is 0.0428. The number of rotatable bonds is 5. The smallest absolute Gasteiger partial charge is 0.267 e. The Hall–Kier alpha value is -2.68. The SMILES string of the molecule is COc1ccccc1-c1ccc(=O)n(CC(=O)N(C)[C@H]2CCS(=O)(=O)C2)n1. The van der Waals surface area contributed by atoms with Crippen molar-refractivity contribution in [2.45, 2.75) is 19.0 Å². The summed E-state index contributed by atoms with van der Waals surface area (Å²) >= 11 is 0. The van der Waals surface area contributed by atoms with Gasteiger partial charge in [0.1, 0.15) is 12.3 Å². The first kappa shape index (κ1) is 19.1. The fourth-order valence-electron chi connectivity index (χ4n) is 3.09. The van der Waals surface area contributed by atoms with Gasteiger partial charge < -0.3 is 9.64 Å². The van der Waals surface area contributed by atoms with Crippen LogP contribution in [-0.2, 0) is 21.2 Å². The van der Waals surface area contributed by atoms with Gasteiger partial charge in [0.25, 0.3) is 5.56 Å². The van der Waals surface area contributed by atoms with Gasteiger partial charge in [-0.3, -0.25) is 9.59 Å². The first-order chi connectivity index (χ1) is 12.8. The van der Waals surface area contributed by atoms with Crippen LogP contribution in [0, 0.1) is 0 Å². The van der Waals surface area contributed by atoms with Crippen molar-refractivity contribution in [3.8, 4) is 17.0 Å². The number of hydrogen-bond donors (Lipinski definition) is 0. The molecule has 9 heteroatoms. The van der Waals surface area contributed by atoms with Crippen molar-refractivity contribution in [3.63, 3.8) is 0 Å². The Balaban J connectivity index is 1.83. The standard InChI is InChI=1S/C18H21N3O5S/c1-20(13-9-10-27(24,25)12-13)18(23)11-21-17(22)8-7-15(19-21)14-5-3-4-6-16(14)26-2/h3-8,13H,9-12H2,1-2H3/t13-/m0/s1. The van der Waals surface area contributed by atoms with E-state index in [1.54, 1.807) is 26.3 Å². The third kappa shape index (κ3) is 4.19. The fraction of sp³-hybridized carbons (Fsp3) is 0.389. The largest absolute Gasteiger partial charge is 0.496 e. The summed E-state index contributed by atoms with van der Waals surface area (Å²) in [6, 6.07) is 9.81. The molecule has 144 valence electrons. The van der Waals surface area contributed by atoms with E-state index in [2.05, 4.69) is 5.10 Å². The molecule has 1 aliphatic heterocycles. The fourth-order valence-corrected chi connectivity index (χ4v) is 4.86. The first-order valence-electron chi connectivity index (χ1n) is 8.48. The third-order valence-electron chi connectivity index (χ3n) is 4.68. The van der Waals surface area contributed by atoms with E-state index in [4.69, 9.17) is 4.74 Å². The molecule has 0 radical (unpaired) electrons. The highest BCUT2D eigenvalue weighted by molar-refractivity contribution is 7.91. The van der Waals surface area contributed by atoms with Gasteiger partial charge in [-0.1, -0.05) is 12.1 Å². The van der Waals surface area contributed by atoms with Crippen LogP contribution in [0.2, 0.25) is 0 Å². The second-order valence-electron chi connectivity index (χ2n) is 6.48. The average Bonchev–Trinajstić information content (AvgIpc) is 3.02. The van der Waals surface area contributed by atoms with Gasteiger partial charge in [0.05, 0.1) is 24.3 Å². The Morgan fingerprint density at radius 1 is 1.30 bits per heavy atom. The van der Waals surface area contributed by atoms with Crippen LogP contribution in [0.3, 0.4) is 0 Å². The number of methoxy groups -OCH3 is 1. The molecule has 27 heavy (non-hydrogen) atoms. The summed E-state index contributed by atoms with van der Waals surface area (Å²) < 4.78 is 29.7. The Bertz CT molecular complexity index is 1020. The summed E-state index contributed by atoms with van der Waals surface area (Å²) in [6.07, 6.45) is 0.411. The molecule has 2 aromatic rings. The number of sulfone groups is 1. The molecule has 1 aliphatic rings. The van der Waals surface area contributed by atoms with Gasteiger partial charge in [-0.2, -0.15) is 5.10 Å². The normalized spacial score (nSPS) is 18.2. The molecule has 0 unspecified atom stereocenters. The quantitative estimate of drug-likeness (QED) is 0.739. The monoisotopic (exact) mass is 391 g/mol. The zero-order chi connectivity index (χ0) is 19.6. The van der Waals surface area contributed by atoms with E-state index in [-0.39, 0.29) is 30.0 Å². The molecule has 2 heterocycles. The Kier molecular flexibility index (Phi) is 5.31. The van der Waals surface area contributed by atoms with Crippen LogP contribution in [-0.4, -0.2) is 60.7 Å². The van der Waals surface area contributed by atoms with Gasteiger partial charge in [-0.15, -0.1) is 0 Å². The van der Waals surface area contributed by atoms with Crippen LogP contribution in [0.5, 0.6) is 5.75 Å². The van der Waals surface area contributed by atoms with Crippen molar-refractivity contribution < 1.29 is 17.9 Å². The summed E-state index contributed by atoms with van der Waals surface area (Å²) in [6.45, 7) is -0.255. The second kappa shape index (κ2) is 7.51. The second-order valence-corrected chi connectivity index (χ2v) is 8.70. The van der Waals surface area contributed by atoms with E-state index in [0.29, 0.717) is 23.4 Å². The highest BCUT2D eigenvalue weighted by atomic mass is 32.2. The number of ether oxygens (including phenoxy) is 1. The molecule has 3 rings (SSSR count). The van der Waals surface area contributed by atoms with Gasteiger partial charge in [0.15, 0.2) is 9.84 Å². The summed E-state index contributed by atoms with van der Waals surface area (Å²) in [5, 5.41) is 4.29. The van der Waals surface area contributed by atoms with E-state index in [1.165, 1.54) is 11.0 Å². The Morgan fingerprint density at radius 2 is 2.04 bits per heavy atom. The lowest BCUT2D eigenvalue weighted by molar-refractivity contribution is -0.132. The molecule has 1 saturated heterocycles. The number of aromatic nitrogens is 2. The zero-order valence-electron chi connectivity index (χ0n) is 15.2. The van der Waals surface area contributed by atoms with Crippen molar-refractivity contribution in [2.24, 2.45) is 0 Å². The van der Waals surface area contributed by atoms with Crippen LogP contribution in [0.1, 0.15) is 6.42 Å². The summed E-state index contributed by atoms with van der Waals surface area (Å²) in [7, 11) is 0.00571. The van der Waals surface area contributed by atoms with Crippen LogP contribution in [0.4, 0.5) is 0 Å². The van der Waals surface area contributed by atoms with Crippen molar-refractivity contribution in [3.05, 3.63) is 46.8 Å². The molecule has 1 atom stereocenters. The molecule has 0 saturated carbocycles. The van der Waals surface area contributed by atoms with E-state index in [9.17, 15) is 18.0 Å². The number of para-hydroxylation sites is 1. The summed E-state index contributed by atoms with van der Waals surface area (Å²) in [5.41, 5.74) is 0.803. The van der Waals surface area contributed by atoms with Crippen molar-refractivity contribution in [2.75, 3.05) is 25.7 Å². The Labute approximate surface area is 157 Å². The molecule has 1 amide bonds. The number of carbonyl (C=O) groups excluding carboxylic acids is 1. The highest BCUT2D eigenvalue weighted by Gasteiger charge is 2.32. The molecule has 1 aromatic heterocycles. The van der Waals surface area contributed by atoms with Crippen LogP contribution in [0.25, 0.3) is 11.3 Å². The number of carbonyl (C=O) groups is 1. The van der Waals surface area contributed by atoms with E-state index in [1.807, 2.05) is 18.2 Å². The first-order valence-corrected chi connectivity index (χ1v) is 10.3. The number of benzene rings is 1. The molecular weight excluding hydrogens is 370 g/mol. The van der Waals surface area contributed by atoms with Gasteiger partial charge in [0.2, 0.25) is 5.91 Å². The predicted molar refractivity (Wildman–Crippen MR) is 100 cm³/mol. The number of hydrogen-bond acceptors (Lipinski definition) is 6. The zero-order valence-corrected chi connectivity index (χ0v) is 16.0. The number of likely N-dealkylation sites (N-methyl/N-ethyl adjacent to an activating group) is 1.